The van der Waals surface area contributed by atoms with Crippen molar-refractivity contribution in [3.8, 4) is 0 Å². The first kappa shape index (κ1) is 12.8. The van der Waals surface area contributed by atoms with E-state index in [2.05, 4.69) is 0 Å². The zero-order chi connectivity index (χ0) is 11.8. The van der Waals surface area contributed by atoms with Gasteiger partial charge < -0.3 is 20.7 Å². The number of halogens is 1. The van der Waals surface area contributed by atoms with Crippen molar-refractivity contribution in [1.29, 1.82) is 0 Å². The normalized spacial score (nSPS) is 43.0. The summed E-state index contributed by atoms with van der Waals surface area (Å²) in [4.78, 5) is 0. The van der Waals surface area contributed by atoms with Crippen LogP contribution in [0.5, 0.6) is 0 Å². The van der Waals surface area contributed by atoms with Gasteiger partial charge in [0.05, 0.1) is 6.10 Å². The minimum atomic E-state index is -1.62. The minimum Gasteiger partial charge on any atom is -0.388 e. The van der Waals surface area contributed by atoms with E-state index in [0.717, 1.165) is 0 Å². The van der Waals surface area contributed by atoms with Gasteiger partial charge in [0.1, 0.15) is 18.3 Å². The van der Waals surface area contributed by atoms with E-state index in [-0.39, 0.29) is 12.0 Å². The zero-order valence-electron chi connectivity index (χ0n) is 9.35. The second-order valence-corrected chi connectivity index (χ2v) is 5.12. The second kappa shape index (κ2) is 4.33. The van der Waals surface area contributed by atoms with E-state index >= 15 is 0 Å². The molecule has 1 aliphatic rings. The summed E-state index contributed by atoms with van der Waals surface area (Å²) in [5.74, 6) is 0. The Morgan fingerprint density at radius 2 is 1.80 bits per heavy atom. The molecule has 0 spiro atoms. The molecule has 0 aliphatic carbocycles. The molecule has 0 amide bonds. The molecule has 90 valence electrons. The van der Waals surface area contributed by atoms with Crippen molar-refractivity contribution >= 4 is 0 Å². The Morgan fingerprint density at radius 3 is 2.20 bits per heavy atom. The fraction of sp³-hybridized carbons (Fsp3) is 1.00. The molecule has 1 saturated heterocycles. The third-order valence-electron chi connectivity index (χ3n) is 2.75. The van der Waals surface area contributed by atoms with Crippen LogP contribution >= 0.6 is 0 Å². The van der Waals surface area contributed by atoms with E-state index in [4.69, 9.17) is 10.5 Å². The molecule has 15 heavy (non-hydrogen) atoms. The SMILES string of the molecule is CC(C)(C)C1OC(CN)C(F)C(O)C1O. The van der Waals surface area contributed by atoms with Crippen molar-refractivity contribution in [3.63, 3.8) is 0 Å². The van der Waals surface area contributed by atoms with Crippen molar-refractivity contribution in [3.05, 3.63) is 0 Å². The van der Waals surface area contributed by atoms with Gasteiger partial charge in [-0.1, -0.05) is 20.8 Å². The van der Waals surface area contributed by atoms with Crippen LogP contribution in [0.25, 0.3) is 0 Å². The lowest BCUT2D eigenvalue weighted by Gasteiger charge is -2.44. The lowest BCUT2D eigenvalue weighted by molar-refractivity contribution is -0.226. The highest BCUT2D eigenvalue weighted by atomic mass is 19.1. The van der Waals surface area contributed by atoms with Crippen LogP contribution in [0.2, 0.25) is 0 Å². The smallest absolute Gasteiger partial charge is 0.156 e. The molecular formula is C10H20FNO3. The van der Waals surface area contributed by atoms with Crippen LogP contribution in [0, 0.1) is 5.41 Å². The second-order valence-electron chi connectivity index (χ2n) is 5.12. The van der Waals surface area contributed by atoms with Gasteiger partial charge in [-0.2, -0.15) is 0 Å². The van der Waals surface area contributed by atoms with E-state index in [1.165, 1.54) is 0 Å². The summed E-state index contributed by atoms with van der Waals surface area (Å²) in [6.07, 6.45) is -5.69. The van der Waals surface area contributed by atoms with E-state index < -0.39 is 30.6 Å². The lowest BCUT2D eigenvalue weighted by Crippen LogP contribution is -2.60. The standard InChI is InChI=1S/C10H20FNO3/c1-10(2,3)9-8(14)7(13)6(11)5(4-12)15-9/h5-9,13-14H,4,12H2,1-3H3. The van der Waals surface area contributed by atoms with Crippen LogP contribution in [0.3, 0.4) is 0 Å². The predicted molar refractivity (Wildman–Crippen MR) is 54.1 cm³/mol. The van der Waals surface area contributed by atoms with Gasteiger partial charge in [-0.25, -0.2) is 4.39 Å². The Balaban J connectivity index is 2.83. The summed E-state index contributed by atoms with van der Waals surface area (Å²) in [5.41, 5.74) is 4.98. The number of hydrogen-bond donors (Lipinski definition) is 3. The summed E-state index contributed by atoms with van der Waals surface area (Å²) in [6.45, 7) is 5.58. The first-order chi connectivity index (χ1) is 6.79. The Labute approximate surface area is 89.2 Å². The van der Waals surface area contributed by atoms with Gasteiger partial charge in [0.2, 0.25) is 0 Å². The first-order valence-corrected chi connectivity index (χ1v) is 5.14. The van der Waals surface area contributed by atoms with E-state index in [1.54, 1.807) is 0 Å². The Bertz CT molecular complexity index is 217. The van der Waals surface area contributed by atoms with E-state index in [0.29, 0.717) is 0 Å². The number of alkyl halides is 1. The van der Waals surface area contributed by atoms with Crippen LogP contribution in [-0.2, 0) is 4.74 Å². The topological polar surface area (TPSA) is 75.7 Å². The number of ether oxygens (including phenoxy) is 1. The van der Waals surface area contributed by atoms with Gasteiger partial charge in [-0.05, 0) is 5.41 Å². The van der Waals surface area contributed by atoms with Crippen LogP contribution < -0.4 is 5.73 Å². The largest absolute Gasteiger partial charge is 0.388 e. The van der Waals surface area contributed by atoms with E-state index in [9.17, 15) is 14.6 Å². The number of aliphatic hydroxyl groups excluding tert-OH is 2. The van der Waals surface area contributed by atoms with Crippen molar-refractivity contribution in [2.24, 2.45) is 11.1 Å². The molecule has 1 rings (SSSR count). The molecule has 1 fully saturated rings. The number of aliphatic hydroxyl groups is 2. The van der Waals surface area contributed by atoms with E-state index in [1.807, 2.05) is 20.8 Å². The van der Waals surface area contributed by atoms with Gasteiger partial charge in [0.15, 0.2) is 6.17 Å². The molecule has 1 heterocycles. The third-order valence-corrected chi connectivity index (χ3v) is 2.75. The summed E-state index contributed by atoms with van der Waals surface area (Å²) in [7, 11) is 0. The molecule has 0 aromatic heterocycles. The summed E-state index contributed by atoms with van der Waals surface area (Å²) in [6, 6.07) is 0. The molecule has 0 saturated carbocycles. The molecule has 4 N–H and O–H groups in total. The van der Waals surface area contributed by atoms with Crippen molar-refractivity contribution < 1.29 is 19.3 Å². The quantitative estimate of drug-likeness (QED) is 0.574. The average Bonchev–Trinajstić information content (AvgIpc) is 2.13. The van der Waals surface area contributed by atoms with Crippen molar-refractivity contribution in [2.75, 3.05) is 6.54 Å². The maximum atomic E-state index is 13.4. The third kappa shape index (κ3) is 2.47. The first-order valence-electron chi connectivity index (χ1n) is 5.14. The summed E-state index contributed by atoms with van der Waals surface area (Å²) in [5, 5.41) is 19.2. The lowest BCUT2D eigenvalue weighted by atomic mass is 9.80. The predicted octanol–water partition coefficient (Wildman–Crippen LogP) is -0.182. The Kier molecular flexibility index (Phi) is 3.71. The highest BCUT2D eigenvalue weighted by Crippen LogP contribution is 2.33. The zero-order valence-corrected chi connectivity index (χ0v) is 9.35. The number of hydrogen-bond acceptors (Lipinski definition) is 4. The minimum absolute atomic E-state index is 0.00245. The molecule has 5 atom stereocenters. The van der Waals surface area contributed by atoms with Crippen molar-refractivity contribution in [2.45, 2.75) is 51.4 Å². The van der Waals surface area contributed by atoms with Crippen LogP contribution in [0.4, 0.5) is 4.39 Å². The molecule has 5 heteroatoms. The van der Waals surface area contributed by atoms with Gasteiger partial charge in [-0.3, -0.25) is 0 Å². The van der Waals surface area contributed by atoms with Crippen molar-refractivity contribution in [1.82, 2.24) is 0 Å². The maximum Gasteiger partial charge on any atom is 0.156 e. The molecule has 0 aromatic rings. The Morgan fingerprint density at radius 1 is 1.27 bits per heavy atom. The maximum absolute atomic E-state index is 13.4. The molecule has 4 nitrogen and oxygen atoms in total. The molecule has 0 bridgehead atoms. The van der Waals surface area contributed by atoms with Gasteiger partial charge in [0.25, 0.3) is 0 Å². The van der Waals surface area contributed by atoms with Gasteiger partial charge in [-0.15, -0.1) is 0 Å². The van der Waals surface area contributed by atoms with Crippen LogP contribution in [0.15, 0.2) is 0 Å². The summed E-state index contributed by atoms with van der Waals surface area (Å²) < 4.78 is 18.8. The summed E-state index contributed by atoms with van der Waals surface area (Å²) >= 11 is 0. The Hall–Kier alpha value is -0.230. The van der Waals surface area contributed by atoms with Gasteiger partial charge in [0, 0.05) is 6.54 Å². The molecule has 1 aliphatic heterocycles. The fourth-order valence-electron chi connectivity index (χ4n) is 1.83. The highest BCUT2D eigenvalue weighted by Gasteiger charge is 2.48. The van der Waals surface area contributed by atoms with Crippen LogP contribution in [-0.4, -0.2) is 47.3 Å². The molecule has 5 unspecified atom stereocenters. The monoisotopic (exact) mass is 221 g/mol. The molecular weight excluding hydrogens is 201 g/mol. The van der Waals surface area contributed by atoms with Gasteiger partial charge >= 0.3 is 0 Å². The average molecular weight is 221 g/mol. The number of rotatable bonds is 1. The molecule has 0 radical (unpaired) electrons. The van der Waals surface area contributed by atoms with Crippen LogP contribution in [0.1, 0.15) is 20.8 Å². The fourth-order valence-corrected chi connectivity index (χ4v) is 1.83. The highest BCUT2D eigenvalue weighted by molar-refractivity contribution is 4.96. The number of nitrogens with two attached hydrogens (primary N) is 1. The molecule has 0 aromatic carbocycles.